The molecule has 6 nitrogen and oxygen atoms in total. The maximum Gasteiger partial charge on any atom is 0.258 e. The molecule has 0 fully saturated rings. The smallest absolute Gasteiger partial charge is 0.258 e. The molecule has 1 aliphatic heterocycles. The average molecular weight is 449 g/mol. The van der Waals surface area contributed by atoms with E-state index in [4.69, 9.17) is 0 Å². The highest BCUT2D eigenvalue weighted by Gasteiger charge is 2.26. The molecule has 0 atom stereocenters. The van der Waals surface area contributed by atoms with E-state index in [2.05, 4.69) is 21.4 Å². The third-order valence-corrected chi connectivity index (χ3v) is 6.01. The molecule has 1 aliphatic rings. The first-order valence-electron chi connectivity index (χ1n) is 11.3. The first-order valence-corrected chi connectivity index (χ1v) is 11.3. The summed E-state index contributed by atoms with van der Waals surface area (Å²) in [5, 5.41) is 2.78. The molecule has 2 heterocycles. The largest absolute Gasteiger partial charge is 0.308 e. The van der Waals surface area contributed by atoms with Crippen LogP contribution in [0.15, 0.2) is 85.1 Å². The summed E-state index contributed by atoms with van der Waals surface area (Å²) >= 11 is 0. The maximum absolute atomic E-state index is 13.1. The van der Waals surface area contributed by atoms with E-state index in [0.717, 1.165) is 45.6 Å². The fraction of sp³-hybridized carbons (Fsp3) is 0.143. The molecule has 168 valence electrons. The van der Waals surface area contributed by atoms with E-state index in [0.29, 0.717) is 6.54 Å². The number of fused-ring (bicyclic) bond motifs is 1. The number of hydrogen-bond acceptors (Lipinski definition) is 4. The third kappa shape index (κ3) is 4.43. The van der Waals surface area contributed by atoms with Gasteiger partial charge in [-0.05, 0) is 54.3 Å². The molecule has 6 heteroatoms. The lowest BCUT2D eigenvalue weighted by molar-refractivity contribution is -0.115. The number of amides is 2. The number of nitrogens with zero attached hydrogens (tertiary/aromatic N) is 3. The molecule has 1 N–H and O–H groups in total. The molecular weight excluding hydrogens is 424 g/mol. The first-order chi connectivity index (χ1) is 16.6. The van der Waals surface area contributed by atoms with E-state index < -0.39 is 0 Å². The molecule has 0 aliphatic carbocycles. The predicted molar refractivity (Wildman–Crippen MR) is 133 cm³/mol. The van der Waals surface area contributed by atoms with Crippen molar-refractivity contribution in [3.8, 4) is 11.3 Å². The summed E-state index contributed by atoms with van der Waals surface area (Å²) in [6, 6.07) is 25.0. The Kier molecular flexibility index (Phi) is 5.87. The van der Waals surface area contributed by atoms with Gasteiger partial charge in [0.25, 0.3) is 5.91 Å². The zero-order valence-electron chi connectivity index (χ0n) is 18.9. The van der Waals surface area contributed by atoms with Crippen molar-refractivity contribution < 1.29 is 9.59 Å². The van der Waals surface area contributed by atoms with Gasteiger partial charge in [-0.2, -0.15) is 0 Å². The van der Waals surface area contributed by atoms with Gasteiger partial charge in [0.1, 0.15) is 0 Å². The number of nitrogens with one attached hydrogen (secondary N) is 1. The van der Waals surface area contributed by atoms with E-state index in [9.17, 15) is 9.59 Å². The molecule has 34 heavy (non-hydrogen) atoms. The zero-order chi connectivity index (χ0) is 23.5. The van der Waals surface area contributed by atoms with Crippen LogP contribution in [0.25, 0.3) is 11.3 Å². The number of aryl methyl sites for hydroxylation is 1. The molecular formula is C28H24N4O2. The Hall–Kier alpha value is -4.32. The van der Waals surface area contributed by atoms with Crippen molar-refractivity contribution >= 4 is 23.5 Å². The van der Waals surface area contributed by atoms with Gasteiger partial charge in [0, 0.05) is 29.6 Å². The van der Waals surface area contributed by atoms with Crippen molar-refractivity contribution in [3.05, 3.63) is 107 Å². The minimum Gasteiger partial charge on any atom is -0.308 e. The van der Waals surface area contributed by atoms with E-state index in [1.54, 1.807) is 6.20 Å². The monoisotopic (exact) mass is 448 g/mol. The molecule has 1 aromatic heterocycles. The van der Waals surface area contributed by atoms with Gasteiger partial charge < -0.3 is 4.90 Å². The molecule has 0 radical (unpaired) electrons. The number of anilines is 2. The van der Waals surface area contributed by atoms with Crippen LogP contribution >= 0.6 is 0 Å². The van der Waals surface area contributed by atoms with Crippen molar-refractivity contribution in [1.82, 2.24) is 9.97 Å². The van der Waals surface area contributed by atoms with Crippen molar-refractivity contribution in [2.45, 2.75) is 19.8 Å². The molecule has 0 unspecified atom stereocenters. The van der Waals surface area contributed by atoms with Crippen LogP contribution in [-0.4, -0.2) is 28.3 Å². The summed E-state index contributed by atoms with van der Waals surface area (Å²) in [4.78, 5) is 36.1. The SMILES string of the molecule is Cc1ccccc1C(=O)N1CCc2cc(-c3ccnc(NC(=O)Cc4ccccc4)n3)ccc21. The van der Waals surface area contributed by atoms with Crippen LogP contribution in [0, 0.1) is 6.92 Å². The summed E-state index contributed by atoms with van der Waals surface area (Å²) in [6.45, 7) is 2.61. The molecule has 3 aromatic carbocycles. The van der Waals surface area contributed by atoms with Gasteiger partial charge in [0.2, 0.25) is 11.9 Å². The van der Waals surface area contributed by atoms with Crippen LogP contribution < -0.4 is 10.2 Å². The second kappa shape index (κ2) is 9.27. The normalized spacial score (nSPS) is 12.3. The Bertz CT molecular complexity index is 1370. The van der Waals surface area contributed by atoms with Gasteiger partial charge in [-0.25, -0.2) is 9.97 Å². The van der Waals surface area contributed by atoms with Crippen LogP contribution in [0.2, 0.25) is 0 Å². The summed E-state index contributed by atoms with van der Waals surface area (Å²) in [5.41, 5.74) is 6.31. The zero-order valence-corrected chi connectivity index (χ0v) is 18.9. The highest BCUT2D eigenvalue weighted by Crippen LogP contribution is 2.33. The van der Waals surface area contributed by atoms with Gasteiger partial charge in [0.05, 0.1) is 12.1 Å². The Balaban J connectivity index is 1.33. The molecule has 0 spiro atoms. The van der Waals surface area contributed by atoms with E-state index in [1.807, 2.05) is 84.6 Å². The van der Waals surface area contributed by atoms with E-state index in [1.165, 1.54) is 0 Å². The highest BCUT2D eigenvalue weighted by atomic mass is 16.2. The van der Waals surface area contributed by atoms with E-state index in [-0.39, 0.29) is 24.2 Å². The molecule has 0 saturated carbocycles. The Morgan fingerprint density at radius 3 is 2.59 bits per heavy atom. The highest BCUT2D eigenvalue weighted by molar-refractivity contribution is 6.08. The number of carbonyl (C=O) groups excluding carboxylic acids is 2. The third-order valence-electron chi connectivity index (χ3n) is 6.01. The summed E-state index contributed by atoms with van der Waals surface area (Å²) < 4.78 is 0. The van der Waals surface area contributed by atoms with Crippen LogP contribution in [-0.2, 0) is 17.6 Å². The standard InChI is InChI=1S/C28H24N4O2/c1-19-7-5-6-10-23(19)27(34)32-16-14-22-18-21(11-12-25(22)32)24-13-15-29-28(30-24)31-26(33)17-20-8-3-2-4-9-20/h2-13,15,18H,14,16-17H2,1H3,(H,29,30,31,33). The maximum atomic E-state index is 13.1. The lowest BCUT2D eigenvalue weighted by Gasteiger charge is -2.19. The van der Waals surface area contributed by atoms with Gasteiger partial charge in [-0.1, -0.05) is 54.6 Å². The summed E-state index contributed by atoms with van der Waals surface area (Å²) in [7, 11) is 0. The number of hydrogen-bond donors (Lipinski definition) is 1. The molecule has 0 bridgehead atoms. The van der Waals surface area contributed by atoms with Crippen molar-refractivity contribution in [2.24, 2.45) is 0 Å². The molecule has 5 rings (SSSR count). The van der Waals surface area contributed by atoms with Crippen molar-refractivity contribution in [2.75, 3.05) is 16.8 Å². The molecule has 0 saturated heterocycles. The van der Waals surface area contributed by atoms with Crippen molar-refractivity contribution in [3.63, 3.8) is 0 Å². The quantitative estimate of drug-likeness (QED) is 0.474. The van der Waals surface area contributed by atoms with Gasteiger partial charge in [-0.3, -0.25) is 14.9 Å². The summed E-state index contributed by atoms with van der Waals surface area (Å²) in [5.74, 6) is 0.132. The second-order valence-electron chi connectivity index (χ2n) is 8.34. The Labute approximate surface area is 198 Å². The number of carbonyl (C=O) groups is 2. The second-order valence-corrected chi connectivity index (χ2v) is 8.34. The Morgan fingerprint density at radius 2 is 1.76 bits per heavy atom. The van der Waals surface area contributed by atoms with Crippen molar-refractivity contribution in [1.29, 1.82) is 0 Å². The molecule has 2 amide bonds. The van der Waals surface area contributed by atoms with Gasteiger partial charge in [-0.15, -0.1) is 0 Å². The number of benzene rings is 3. The van der Waals surface area contributed by atoms with Crippen LogP contribution in [0.1, 0.15) is 27.0 Å². The van der Waals surface area contributed by atoms with Crippen LogP contribution in [0.3, 0.4) is 0 Å². The minimum absolute atomic E-state index is 0.0232. The van der Waals surface area contributed by atoms with Crippen LogP contribution in [0.4, 0.5) is 11.6 Å². The average Bonchev–Trinajstić information content (AvgIpc) is 3.28. The van der Waals surface area contributed by atoms with Gasteiger partial charge >= 0.3 is 0 Å². The first kappa shape index (κ1) is 21.5. The minimum atomic E-state index is -0.164. The number of rotatable bonds is 5. The lowest BCUT2D eigenvalue weighted by Crippen LogP contribution is -2.29. The van der Waals surface area contributed by atoms with Crippen LogP contribution in [0.5, 0.6) is 0 Å². The fourth-order valence-electron chi connectivity index (χ4n) is 4.26. The van der Waals surface area contributed by atoms with E-state index >= 15 is 0 Å². The fourth-order valence-corrected chi connectivity index (χ4v) is 4.26. The Morgan fingerprint density at radius 1 is 0.971 bits per heavy atom. The van der Waals surface area contributed by atoms with Gasteiger partial charge in [0.15, 0.2) is 0 Å². The predicted octanol–water partition coefficient (Wildman–Crippen LogP) is 4.84. The summed E-state index contributed by atoms with van der Waals surface area (Å²) in [6.07, 6.45) is 2.69. The molecule has 4 aromatic rings. The number of aromatic nitrogens is 2. The lowest BCUT2D eigenvalue weighted by atomic mass is 10.1. The topological polar surface area (TPSA) is 75.2 Å².